The number of sulfonamides is 1. The Hall–Kier alpha value is -2.98. The van der Waals surface area contributed by atoms with Gasteiger partial charge in [-0.05, 0) is 42.8 Å². The molecule has 0 atom stereocenters. The summed E-state index contributed by atoms with van der Waals surface area (Å²) < 4.78 is 42.2. The molecule has 0 saturated heterocycles. The highest BCUT2D eigenvalue weighted by molar-refractivity contribution is 7.89. The van der Waals surface area contributed by atoms with E-state index in [1.165, 1.54) is 20.2 Å². The Labute approximate surface area is 183 Å². The molecule has 2 rings (SSSR count). The lowest BCUT2D eigenvalue weighted by Gasteiger charge is -2.17. The zero-order valence-corrected chi connectivity index (χ0v) is 19.2. The van der Waals surface area contributed by atoms with Crippen molar-refractivity contribution in [2.75, 3.05) is 46.8 Å². The topological polar surface area (TPSA) is 106 Å². The van der Waals surface area contributed by atoms with Crippen LogP contribution in [0.4, 0.5) is 5.69 Å². The molecule has 31 heavy (non-hydrogen) atoms. The van der Waals surface area contributed by atoms with Gasteiger partial charge in [0.1, 0.15) is 10.6 Å². The number of amides is 1. The van der Waals surface area contributed by atoms with Gasteiger partial charge in [-0.2, -0.15) is 0 Å². The van der Waals surface area contributed by atoms with E-state index in [-0.39, 0.29) is 23.1 Å². The number of ether oxygens (including phenoxy) is 3. The Morgan fingerprint density at radius 3 is 2.29 bits per heavy atom. The number of benzene rings is 2. The fraction of sp³-hybridized carbons (Fsp3) is 0.381. The number of anilines is 1. The van der Waals surface area contributed by atoms with Crippen molar-refractivity contribution in [3.05, 3.63) is 42.0 Å². The molecule has 0 aliphatic carbocycles. The number of hydrogen-bond donors (Lipinski definition) is 2. The monoisotopic (exact) mass is 451 g/mol. The predicted molar refractivity (Wildman–Crippen MR) is 118 cm³/mol. The summed E-state index contributed by atoms with van der Waals surface area (Å²) in [6, 6.07) is 10.1. The van der Waals surface area contributed by atoms with Crippen molar-refractivity contribution >= 4 is 21.6 Å². The van der Waals surface area contributed by atoms with Crippen molar-refractivity contribution in [1.82, 2.24) is 9.62 Å². The molecule has 0 saturated carbocycles. The number of carbonyl (C=O) groups is 1. The summed E-state index contributed by atoms with van der Waals surface area (Å²) in [4.78, 5) is 12.3. The molecule has 2 aromatic carbocycles. The highest BCUT2D eigenvalue weighted by atomic mass is 32.2. The van der Waals surface area contributed by atoms with Crippen LogP contribution in [0.2, 0.25) is 0 Å². The number of hydrogen-bond acceptors (Lipinski definition) is 7. The number of methoxy groups -OCH3 is 2. The highest BCUT2D eigenvalue weighted by Gasteiger charge is 2.23. The first-order chi connectivity index (χ1) is 14.7. The average Bonchev–Trinajstić information content (AvgIpc) is 2.76. The Bertz CT molecular complexity index is 1010. The largest absolute Gasteiger partial charge is 0.493 e. The molecule has 9 nitrogen and oxygen atoms in total. The Kier molecular flexibility index (Phi) is 8.52. The molecular weight excluding hydrogens is 422 g/mol. The molecule has 170 valence electrons. The van der Waals surface area contributed by atoms with Crippen LogP contribution in [0.15, 0.2) is 41.3 Å². The van der Waals surface area contributed by atoms with Gasteiger partial charge in [-0.1, -0.05) is 6.07 Å². The van der Waals surface area contributed by atoms with E-state index in [9.17, 15) is 13.2 Å². The van der Waals surface area contributed by atoms with Gasteiger partial charge in [0, 0.05) is 26.3 Å². The molecule has 0 spiro atoms. The van der Waals surface area contributed by atoms with E-state index in [2.05, 4.69) is 10.6 Å². The van der Waals surface area contributed by atoms with E-state index in [1.54, 1.807) is 45.4 Å². The summed E-state index contributed by atoms with van der Waals surface area (Å²) in [5.41, 5.74) is 1.34. The van der Waals surface area contributed by atoms with E-state index in [4.69, 9.17) is 14.2 Å². The first kappa shape index (κ1) is 24.3. The van der Waals surface area contributed by atoms with Gasteiger partial charge < -0.3 is 24.8 Å². The molecule has 2 N–H and O–H groups in total. The van der Waals surface area contributed by atoms with Crippen LogP contribution in [0, 0.1) is 0 Å². The number of carbonyl (C=O) groups excluding carboxylic acids is 1. The first-order valence-corrected chi connectivity index (χ1v) is 11.1. The van der Waals surface area contributed by atoms with Gasteiger partial charge in [-0.3, -0.25) is 4.79 Å². The summed E-state index contributed by atoms with van der Waals surface area (Å²) in [6.07, 6.45) is 0. The lowest BCUT2D eigenvalue weighted by molar-refractivity contribution is -0.119. The van der Waals surface area contributed by atoms with Gasteiger partial charge in [0.05, 0.1) is 27.4 Å². The van der Waals surface area contributed by atoms with E-state index in [0.29, 0.717) is 30.3 Å². The van der Waals surface area contributed by atoms with Crippen molar-refractivity contribution in [3.8, 4) is 17.2 Å². The second kappa shape index (κ2) is 10.9. The van der Waals surface area contributed by atoms with Crippen molar-refractivity contribution in [1.29, 1.82) is 0 Å². The molecule has 0 fully saturated rings. The number of nitrogens with zero attached hydrogens (tertiary/aromatic N) is 1. The SMILES string of the molecule is CCOc1ccc(NCC(=O)NCc2ccc(OC)c(OC)c2)cc1S(=O)(=O)N(C)C. The third-order valence-electron chi connectivity index (χ3n) is 4.39. The molecule has 0 heterocycles. The van der Waals surface area contributed by atoms with Crippen LogP contribution in [-0.2, 0) is 21.4 Å². The van der Waals surface area contributed by atoms with Crippen molar-refractivity contribution < 1.29 is 27.4 Å². The van der Waals surface area contributed by atoms with Crippen LogP contribution < -0.4 is 24.8 Å². The van der Waals surface area contributed by atoms with E-state index in [1.807, 2.05) is 6.07 Å². The Balaban J connectivity index is 2.03. The summed E-state index contributed by atoms with van der Waals surface area (Å²) in [7, 11) is 2.30. The molecule has 0 bridgehead atoms. The fourth-order valence-corrected chi connectivity index (χ4v) is 3.78. The van der Waals surface area contributed by atoms with Crippen LogP contribution in [-0.4, -0.2) is 60.1 Å². The normalized spacial score (nSPS) is 11.2. The van der Waals surface area contributed by atoms with Crippen LogP contribution in [0.5, 0.6) is 17.2 Å². The Morgan fingerprint density at radius 1 is 1.00 bits per heavy atom. The minimum Gasteiger partial charge on any atom is -0.493 e. The molecule has 0 aromatic heterocycles. The minimum atomic E-state index is -3.70. The van der Waals surface area contributed by atoms with Crippen molar-refractivity contribution in [2.45, 2.75) is 18.4 Å². The van der Waals surface area contributed by atoms with Gasteiger partial charge in [-0.25, -0.2) is 12.7 Å². The van der Waals surface area contributed by atoms with Gasteiger partial charge in [0.25, 0.3) is 0 Å². The number of nitrogens with one attached hydrogen (secondary N) is 2. The van der Waals surface area contributed by atoms with Crippen molar-refractivity contribution in [3.63, 3.8) is 0 Å². The smallest absolute Gasteiger partial charge is 0.246 e. The van der Waals surface area contributed by atoms with Gasteiger partial charge >= 0.3 is 0 Å². The summed E-state index contributed by atoms with van der Waals surface area (Å²) in [5.74, 6) is 1.20. The molecule has 0 aliphatic rings. The van der Waals surface area contributed by atoms with Gasteiger partial charge in [0.15, 0.2) is 11.5 Å². The van der Waals surface area contributed by atoms with Crippen LogP contribution in [0.1, 0.15) is 12.5 Å². The lowest BCUT2D eigenvalue weighted by Crippen LogP contribution is -2.29. The van der Waals surface area contributed by atoms with Gasteiger partial charge in [0.2, 0.25) is 15.9 Å². The second-order valence-corrected chi connectivity index (χ2v) is 8.82. The molecule has 2 aromatic rings. The standard InChI is InChI=1S/C21H29N3O6S/c1-6-30-18-10-8-16(12-20(18)31(26,27)24(2)3)22-14-21(25)23-13-15-7-9-17(28-4)19(11-15)29-5/h7-12,22H,6,13-14H2,1-5H3,(H,23,25). The lowest BCUT2D eigenvalue weighted by atomic mass is 10.2. The quantitative estimate of drug-likeness (QED) is 0.539. The second-order valence-electron chi connectivity index (χ2n) is 6.70. The van der Waals surface area contributed by atoms with Crippen LogP contribution in [0.25, 0.3) is 0 Å². The average molecular weight is 452 g/mol. The molecule has 0 radical (unpaired) electrons. The molecule has 0 unspecified atom stereocenters. The van der Waals surface area contributed by atoms with E-state index >= 15 is 0 Å². The van der Waals surface area contributed by atoms with E-state index < -0.39 is 10.0 Å². The molecular formula is C21H29N3O6S. The fourth-order valence-electron chi connectivity index (χ4n) is 2.73. The molecule has 0 aliphatic heterocycles. The maximum absolute atomic E-state index is 12.6. The molecule has 10 heteroatoms. The van der Waals surface area contributed by atoms with Crippen LogP contribution in [0.3, 0.4) is 0 Å². The zero-order chi connectivity index (χ0) is 23.0. The number of rotatable bonds is 11. The highest BCUT2D eigenvalue weighted by Crippen LogP contribution is 2.29. The minimum absolute atomic E-state index is 0.0251. The summed E-state index contributed by atoms with van der Waals surface area (Å²) in [5, 5.41) is 5.75. The first-order valence-electron chi connectivity index (χ1n) is 9.63. The third-order valence-corrected chi connectivity index (χ3v) is 6.23. The Morgan fingerprint density at radius 2 is 1.68 bits per heavy atom. The van der Waals surface area contributed by atoms with E-state index in [0.717, 1.165) is 9.87 Å². The molecule has 1 amide bonds. The van der Waals surface area contributed by atoms with Crippen LogP contribution >= 0.6 is 0 Å². The van der Waals surface area contributed by atoms with Gasteiger partial charge in [-0.15, -0.1) is 0 Å². The predicted octanol–water partition coefficient (Wildman–Crippen LogP) is 2.08. The zero-order valence-electron chi connectivity index (χ0n) is 18.4. The summed E-state index contributed by atoms with van der Waals surface area (Å²) in [6.45, 7) is 2.40. The van der Waals surface area contributed by atoms with Crippen molar-refractivity contribution in [2.24, 2.45) is 0 Å². The maximum Gasteiger partial charge on any atom is 0.246 e. The third kappa shape index (κ3) is 6.25. The summed E-state index contributed by atoms with van der Waals surface area (Å²) >= 11 is 0. The maximum atomic E-state index is 12.6.